The predicted octanol–water partition coefficient (Wildman–Crippen LogP) is 4.63. The van der Waals surface area contributed by atoms with Crippen LogP contribution < -0.4 is 0 Å². The Kier molecular flexibility index (Phi) is 6.83. The van der Waals surface area contributed by atoms with Crippen molar-refractivity contribution in [1.29, 1.82) is 0 Å². The largest absolute Gasteiger partial charge is 0.452 e. The fourth-order valence-corrected chi connectivity index (χ4v) is 4.11. The Hall–Kier alpha value is -3.22. The van der Waals surface area contributed by atoms with Gasteiger partial charge in [0.15, 0.2) is 12.3 Å². The minimum atomic E-state index is -0.529. The van der Waals surface area contributed by atoms with E-state index in [9.17, 15) is 9.59 Å². The van der Waals surface area contributed by atoms with Crippen molar-refractivity contribution >= 4 is 22.9 Å². The standard InChI is InChI=1S/C25H30N4O3/c1-18(2)29-24-21(16-26-29)20(15-22(27-24)19-11-7-6-8-12-19)25(31)32-17-23(30)28-13-9-4-3-5-10-14-28/h6-8,11-12,15-16,18H,3-5,9-10,13-14,17H2,1-2H3. The van der Waals surface area contributed by atoms with Gasteiger partial charge in [0.1, 0.15) is 0 Å². The number of hydrogen-bond acceptors (Lipinski definition) is 5. The highest BCUT2D eigenvalue weighted by atomic mass is 16.5. The van der Waals surface area contributed by atoms with Crippen molar-refractivity contribution in [3.63, 3.8) is 0 Å². The molecule has 0 aliphatic carbocycles. The molecule has 1 aromatic carbocycles. The number of pyridine rings is 1. The molecule has 0 radical (unpaired) electrons. The van der Waals surface area contributed by atoms with Crippen molar-refractivity contribution in [1.82, 2.24) is 19.7 Å². The molecule has 1 aliphatic rings. The first-order valence-electron chi connectivity index (χ1n) is 11.4. The Balaban J connectivity index is 1.59. The first kappa shape index (κ1) is 22.0. The molecule has 0 atom stereocenters. The number of carbonyl (C=O) groups excluding carboxylic acids is 2. The number of amides is 1. The summed E-state index contributed by atoms with van der Waals surface area (Å²) in [5.41, 5.74) is 2.57. The van der Waals surface area contributed by atoms with E-state index in [1.807, 2.05) is 49.1 Å². The number of hydrogen-bond donors (Lipinski definition) is 0. The normalized spacial score (nSPS) is 14.9. The molecule has 4 rings (SSSR count). The van der Waals surface area contributed by atoms with Crippen LogP contribution in [0.4, 0.5) is 0 Å². The van der Waals surface area contributed by atoms with Crippen LogP contribution in [-0.4, -0.2) is 51.2 Å². The molecule has 7 nitrogen and oxygen atoms in total. The summed E-state index contributed by atoms with van der Waals surface area (Å²) in [7, 11) is 0. The molecule has 0 saturated carbocycles. The molecule has 0 N–H and O–H groups in total. The number of aromatic nitrogens is 3. The second-order valence-electron chi connectivity index (χ2n) is 8.57. The fraction of sp³-hybridized carbons (Fsp3) is 0.440. The highest BCUT2D eigenvalue weighted by Gasteiger charge is 2.22. The highest BCUT2D eigenvalue weighted by Crippen LogP contribution is 2.27. The van der Waals surface area contributed by atoms with E-state index in [0.29, 0.717) is 22.3 Å². The van der Waals surface area contributed by atoms with Gasteiger partial charge in [-0.3, -0.25) is 4.79 Å². The molecule has 168 valence electrons. The molecular formula is C25H30N4O3. The minimum absolute atomic E-state index is 0.0867. The summed E-state index contributed by atoms with van der Waals surface area (Å²) >= 11 is 0. The van der Waals surface area contributed by atoms with Gasteiger partial charge in [0.05, 0.1) is 22.8 Å². The maximum atomic E-state index is 13.1. The number of likely N-dealkylation sites (tertiary alicyclic amines) is 1. The average molecular weight is 435 g/mol. The lowest BCUT2D eigenvalue weighted by molar-refractivity contribution is -0.134. The molecule has 1 amide bonds. The number of rotatable bonds is 5. The van der Waals surface area contributed by atoms with Crippen LogP contribution in [0.3, 0.4) is 0 Å². The quantitative estimate of drug-likeness (QED) is 0.547. The van der Waals surface area contributed by atoms with E-state index in [0.717, 1.165) is 44.3 Å². The number of benzene rings is 1. The maximum Gasteiger partial charge on any atom is 0.339 e. The zero-order valence-electron chi connectivity index (χ0n) is 18.8. The van der Waals surface area contributed by atoms with Crippen molar-refractivity contribution in [2.45, 2.75) is 52.0 Å². The molecule has 3 heterocycles. The zero-order valence-corrected chi connectivity index (χ0v) is 18.8. The van der Waals surface area contributed by atoms with Gasteiger partial charge in [0, 0.05) is 24.7 Å². The summed E-state index contributed by atoms with van der Waals surface area (Å²) in [6.07, 6.45) is 7.15. The SMILES string of the molecule is CC(C)n1ncc2c(C(=O)OCC(=O)N3CCCCCCC3)cc(-c3ccccc3)nc21. The molecule has 3 aromatic rings. The van der Waals surface area contributed by atoms with Crippen LogP contribution >= 0.6 is 0 Å². The van der Waals surface area contributed by atoms with Crippen LogP contribution in [-0.2, 0) is 9.53 Å². The van der Waals surface area contributed by atoms with E-state index >= 15 is 0 Å². The van der Waals surface area contributed by atoms with Gasteiger partial charge >= 0.3 is 5.97 Å². The van der Waals surface area contributed by atoms with E-state index in [2.05, 4.69) is 5.10 Å². The van der Waals surface area contributed by atoms with Crippen molar-refractivity contribution in [2.24, 2.45) is 0 Å². The Morgan fingerprint density at radius 1 is 1.03 bits per heavy atom. The topological polar surface area (TPSA) is 77.3 Å². The Morgan fingerprint density at radius 3 is 2.41 bits per heavy atom. The lowest BCUT2D eigenvalue weighted by atomic mass is 10.1. The predicted molar refractivity (Wildman–Crippen MR) is 123 cm³/mol. The van der Waals surface area contributed by atoms with Gasteiger partial charge in [0.25, 0.3) is 5.91 Å². The van der Waals surface area contributed by atoms with Crippen LogP contribution in [0.25, 0.3) is 22.3 Å². The Bertz CT molecular complexity index is 1080. The molecule has 0 bridgehead atoms. The third-order valence-corrected chi connectivity index (χ3v) is 5.88. The first-order valence-corrected chi connectivity index (χ1v) is 11.4. The minimum Gasteiger partial charge on any atom is -0.452 e. The average Bonchev–Trinajstić information content (AvgIpc) is 3.21. The monoisotopic (exact) mass is 434 g/mol. The van der Waals surface area contributed by atoms with Crippen LogP contribution in [0.2, 0.25) is 0 Å². The van der Waals surface area contributed by atoms with Gasteiger partial charge in [-0.15, -0.1) is 0 Å². The number of nitrogens with zero attached hydrogens (tertiary/aromatic N) is 4. The molecule has 1 aliphatic heterocycles. The van der Waals surface area contributed by atoms with Gasteiger partial charge in [-0.25, -0.2) is 14.5 Å². The van der Waals surface area contributed by atoms with Crippen molar-refractivity contribution < 1.29 is 14.3 Å². The van der Waals surface area contributed by atoms with Gasteiger partial charge in [-0.2, -0.15) is 5.10 Å². The van der Waals surface area contributed by atoms with Crippen LogP contribution in [0.15, 0.2) is 42.6 Å². The van der Waals surface area contributed by atoms with E-state index in [1.54, 1.807) is 16.9 Å². The third kappa shape index (κ3) is 4.82. The molecule has 0 unspecified atom stereocenters. The first-order chi connectivity index (χ1) is 15.5. The molecular weight excluding hydrogens is 404 g/mol. The summed E-state index contributed by atoms with van der Waals surface area (Å²) in [5.74, 6) is -0.662. The molecule has 7 heteroatoms. The van der Waals surface area contributed by atoms with Crippen LogP contribution in [0.1, 0.15) is 62.4 Å². The number of carbonyl (C=O) groups is 2. The number of esters is 1. The number of ether oxygens (including phenoxy) is 1. The van der Waals surface area contributed by atoms with Crippen molar-refractivity contribution in [2.75, 3.05) is 19.7 Å². The van der Waals surface area contributed by atoms with Crippen molar-refractivity contribution in [3.05, 3.63) is 48.2 Å². The fourth-order valence-electron chi connectivity index (χ4n) is 4.11. The van der Waals surface area contributed by atoms with Gasteiger partial charge in [0.2, 0.25) is 0 Å². The second-order valence-corrected chi connectivity index (χ2v) is 8.57. The van der Waals surface area contributed by atoms with Gasteiger partial charge in [-0.05, 0) is 32.8 Å². The molecule has 1 saturated heterocycles. The highest BCUT2D eigenvalue weighted by molar-refractivity contribution is 6.04. The maximum absolute atomic E-state index is 13.1. The third-order valence-electron chi connectivity index (χ3n) is 5.88. The van der Waals surface area contributed by atoms with Crippen LogP contribution in [0.5, 0.6) is 0 Å². The molecule has 1 fully saturated rings. The smallest absolute Gasteiger partial charge is 0.339 e. The molecule has 32 heavy (non-hydrogen) atoms. The number of fused-ring (bicyclic) bond motifs is 1. The Labute approximate surface area is 188 Å². The lowest BCUT2D eigenvalue weighted by Crippen LogP contribution is -2.37. The van der Waals surface area contributed by atoms with Gasteiger partial charge < -0.3 is 9.64 Å². The van der Waals surface area contributed by atoms with Crippen LogP contribution in [0, 0.1) is 0 Å². The summed E-state index contributed by atoms with van der Waals surface area (Å²) in [6, 6.07) is 11.5. The van der Waals surface area contributed by atoms with E-state index < -0.39 is 5.97 Å². The van der Waals surface area contributed by atoms with Crippen molar-refractivity contribution in [3.8, 4) is 11.3 Å². The summed E-state index contributed by atoms with van der Waals surface area (Å²) in [4.78, 5) is 32.3. The molecule has 0 spiro atoms. The molecule has 2 aromatic heterocycles. The summed E-state index contributed by atoms with van der Waals surface area (Å²) < 4.78 is 7.28. The summed E-state index contributed by atoms with van der Waals surface area (Å²) in [5, 5.41) is 5.06. The lowest BCUT2D eigenvalue weighted by Gasteiger charge is -2.24. The van der Waals surface area contributed by atoms with E-state index in [-0.39, 0.29) is 18.6 Å². The Morgan fingerprint density at radius 2 is 1.72 bits per heavy atom. The van der Waals surface area contributed by atoms with E-state index in [4.69, 9.17) is 9.72 Å². The summed E-state index contributed by atoms with van der Waals surface area (Å²) in [6.45, 7) is 5.25. The van der Waals surface area contributed by atoms with Gasteiger partial charge in [-0.1, -0.05) is 49.6 Å². The van der Waals surface area contributed by atoms with E-state index in [1.165, 1.54) is 6.42 Å². The second kappa shape index (κ2) is 9.94. The zero-order chi connectivity index (χ0) is 22.5.